The summed E-state index contributed by atoms with van der Waals surface area (Å²) in [5, 5.41) is 6.33. The number of nitrogens with zero attached hydrogens (tertiary/aromatic N) is 3. The molecule has 2 N–H and O–H groups in total. The van der Waals surface area contributed by atoms with E-state index in [1.165, 1.54) is 7.11 Å². The smallest absolute Gasteiger partial charge is 0.253 e. The molecular weight excluding hydrogens is 442 g/mol. The minimum Gasteiger partial charge on any atom is -0.375 e. The lowest BCUT2D eigenvalue weighted by Crippen LogP contribution is -2.24. The molecule has 0 bridgehead atoms. The molecule has 0 unspecified atom stereocenters. The lowest BCUT2D eigenvalue weighted by molar-refractivity contribution is -0.119. The lowest BCUT2D eigenvalue weighted by atomic mass is 10.1. The van der Waals surface area contributed by atoms with Crippen molar-refractivity contribution < 1.29 is 14.3 Å². The van der Waals surface area contributed by atoms with E-state index < -0.39 is 0 Å². The van der Waals surface area contributed by atoms with Crippen molar-refractivity contribution in [3.05, 3.63) is 77.1 Å². The molecular formula is C24H22ClN5O3. The molecule has 2 aromatic carbocycles. The summed E-state index contributed by atoms with van der Waals surface area (Å²) in [5.41, 5.74) is 3.86. The molecule has 168 valence electrons. The van der Waals surface area contributed by atoms with E-state index in [1.807, 2.05) is 35.9 Å². The van der Waals surface area contributed by atoms with Crippen LogP contribution in [-0.2, 0) is 23.1 Å². The predicted molar refractivity (Wildman–Crippen MR) is 127 cm³/mol. The number of hydrogen-bond donors (Lipinski definition) is 2. The van der Waals surface area contributed by atoms with Crippen molar-refractivity contribution in [2.24, 2.45) is 7.05 Å². The molecule has 0 saturated heterocycles. The average Bonchev–Trinajstić information content (AvgIpc) is 3.15. The number of imidazole rings is 1. The van der Waals surface area contributed by atoms with E-state index in [-0.39, 0.29) is 18.4 Å². The lowest BCUT2D eigenvalue weighted by Gasteiger charge is -2.11. The Kier molecular flexibility index (Phi) is 6.67. The molecule has 0 aliphatic carbocycles. The van der Waals surface area contributed by atoms with Crippen LogP contribution in [0.5, 0.6) is 0 Å². The molecule has 4 aromatic rings. The highest BCUT2D eigenvalue weighted by molar-refractivity contribution is 6.30. The minimum absolute atomic E-state index is 0.0966. The van der Waals surface area contributed by atoms with Crippen molar-refractivity contribution in [2.45, 2.75) is 6.54 Å². The second-order valence-corrected chi connectivity index (χ2v) is 7.85. The highest BCUT2D eigenvalue weighted by atomic mass is 35.5. The Morgan fingerprint density at radius 3 is 2.52 bits per heavy atom. The van der Waals surface area contributed by atoms with Gasteiger partial charge >= 0.3 is 0 Å². The van der Waals surface area contributed by atoms with Gasteiger partial charge in [-0.2, -0.15) is 0 Å². The van der Waals surface area contributed by atoms with Gasteiger partial charge in [0.15, 0.2) is 0 Å². The zero-order valence-corrected chi connectivity index (χ0v) is 18.9. The van der Waals surface area contributed by atoms with E-state index in [0.29, 0.717) is 39.7 Å². The standard InChI is InChI=1S/C24H22ClN5O3/c1-30-22-19(24(32)27-13-15-3-5-17(25)6-4-15)11-18(28-21(31)14-33-2)12-20(22)29-23(30)16-7-9-26-10-8-16/h3-12H,13-14H2,1-2H3,(H,27,32)(H,28,31). The number of hydrogen-bond acceptors (Lipinski definition) is 5. The minimum atomic E-state index is -0.324. The van der Waals surface area contributed by atoms with Gasteiger partial charge in [0.05, 0.1) is 16.6 Å². The normalized spacial score (nSPS) is 10.9. The first-order valence-electron chi connectivity index (χ1n) is 10.2. The van der Waals surface area contributed by atoms with Crippen LogP contribution >= 0.6 is 11.6 Å². The number of carbonyl (C=O) groups excluding carboxylic acids is 2. The number of amides is 2. The summed E-state index contributed by atoms with van der Waals surface area (Å²) in [7, 11) is 3.29. The van der Waals surface area contributed by atoms with Crippen LogP contribution < -0.4 is 10.6 Å². The molecule has 8 nitrogen and oxygen atoms in total. The third-order valence-corrected chi connectivity index (χ3v) is 5.33. The summed E-state index contributed by atoms with van der Waals surface area (Å²) in [6, 6.07) is 14.3. The van der Waals surface area contributed by atoms with Crippen molar-refractivity contribution in [3.63, 3.8) is 0 Å². The van der Waals surface area contributed by atoms with Crippen LogP contribution in [0.1, 0.15) is 15.9 Å². The molecule has 0 radical (unpaired) electrons. The van der Waals surface area contributed by atoms with Gasteiger partial charge in [-0.3, -0.25) is 14.6 Å². The molecule has 0 aliphatic heterocycles. The number of aryl methyl sites for hydroxylation is 1. The van der Waals surface area contributed by atoms with Gasteiger partial charge in [0.1, 0.15) is 12.4 Å². The number of anilines is 1. The third kappa shape index (κ3) is 5.02. The number of aromatic nitrogens is 3. The van der Waals surface area contributed by atoms with Crippen molar-refractivity contribution in [1.82, 2.24) is 19.9 Å². The molecule has 33 heavy (non-hydrogen) atoms. The Hall–Kier alpha value is -3.75. The molecule has 0 saturated carbocycles. The highest BCUT2D eigenvalue weighted by Gasteiger charge is 2.19. The molecule has 9 heteroatoms. The van der Waals surface area contributed by atoms with Crippen LogP contribution in [0.15, 0.2) is 60.9 Å². The van der Waals surface area contributed by atoms with Gasteiger partial charge in [-0.1, -0.05) is 23.7 Å². The summed E-state index contributed by atoms with van der Waals surface area (Å²) >= 11 is 5.94. The molecule has 0 fully saturated rings. The van der Waals surface area contributed by atoms with E-state index in [0.717, 1.165) is 11.1 Å². The number of halogens is 1. The largest absolute Gasteiger partial charge is 0.375 e. The molecule has 4 rings (SSSR count). The number of benzene rings is 2. The number of methoxy groups -OCH3 is 1. The average molecular weight is 464 g/mol. The maximum absolute atomic E-state index is 13.2. The van der Waals surface area contributed by atoms with Crippen LogP contribution in [0.25, 0.3) is 22.4 Å². The summed E-state index contributed by atoms with van der Waals surface area (Å²) in [6.07, 6.45) is 3.37. The number of nitrogens with one attached hydrogen (secondary N) is 2. The van der Waals surface area contributed by atoms with Gasteiger partial charge in [-0.25, -0.2) is 4.98 Å². The molecule has 2 aromatic heterocycles. The first-order chi connectivity index (χ1) is 16.0. The van der Waals surface area contributed by atoms with E-state index >= 15 is 0 Å². The van der Waals surface area contributed by atoms with E-state index in [2.05, 4.69) is 15.6 Å². The topological polar surface area (TPSA) is 98.1 Å². The van der Waals surface area contributed by atoms with Gasteiger partial charge in [0.2, 0.25) is 5.91 Å². The number of carbonyl (C=O) groups is 2. The zero-order valence-electron chi connectivity index (χ0n) is 18.1. The number of ether oxygens (including phenoxy) is 1. The third-order valence-electron chi connectivity index (χ3n) is 5.08. The Morgan fingerprint density at radius 1 is 1.09 bits per heavy atom. The maximum Gasteiger partial charge on any atom is 0.253 e. The van der Waals surface area contributed by atoms with Crippen LogP contribution in [-0.4, -0.2) is 40.1 Å². The maximum atomic E-state index is 13.2. The fraction of sp³-hybridized carbons (Fsp3) is 0.167. The molecule has 0 atom stereocenters. The van der Waals surface area contributed by atoms with Crippen LogP contribution in [0, 0.1) is 0 Å². The van der Waals surface area contributed by atoms with Gasteiger partial charge < -0.3 is 19.9 Å². The predicted octanol–water partition coefficient (Wildman–Crippen LogP) is 3.80. The SMILES string of the molecule is COCC(=O)Nc1cc(C(=O)NCc2ccc(Cl)cc2)c2c(c1)nc(-c1ccncc1)n2C. The van der Waals surface area contributed by atoms with E-state index in [4.69, 9.17) is 21.3 Å². The summed E-state index contributed by atoms with van der Waals surface area (Å²) in [6.45, 7) is 0.230. The Morgan fingerprint density at radius 2 is 1.82 bits per heavy atom. The molecule has 0 spiro atoms. The Bertz CT molecular complexity index is 1300. The van der Waals surface area contributed by atoms with E-state index in [9.17, 15) is 9.59 Å². The van der Waals surface area contributed by atoms with Crippen molar-refractivity contribution >= 4 is 40.1 Å². The molecule has 2 amide bonds. The van der Waals surface area contributed by atoms with Crippen LogP contribution in [0.4, 0.5) is 5.69 Å². The first-order valence-corrected chi connectivity index (χ1v) is 10.6. The van der Waals surface area contributed by atoms with Gasteiger partial charge in [-0.05, 0) is 42.0 Å². The van der Waals surface area contributed by atoms with Gasteiger partial charge in [0, 0.05) is 49.4 Å². The summed E-state index contributed by atoms with van der Waals surface area (Å²) < 4.78 is 6.76. The number of rotatable bonds is 7. The number of fused-ring (bicyclic) bond motifs is 1. The van der Waals surface area contributed by atoms with Gasteiger partial charge in [0.25, 0.3) is 5.91 Å². The number of pyridine rings is 1. The molecule has 2 heterocycles. The Labute approximate surface area is 195 Å². The fourth-order valence-electron chi connectivity index (χ4n) is 3.56. The van der Waals surface area contributed by atoms with Gasteiger partial charge in [-0.15, -0.1) is 0 Å². The monoisotopic (exact) mass is 463 g/mol. The second-order valence-electron chi connectivity index (χ2n) is 7.41. The quantitative estimate of drug-likeness (QED) is 0.434. The van der Waals surface area contributed by atoms with Crippen LogP contribution in [0.2, 0.25) is 5.02 Å². The highest BCUT2D eigenvalue weighted by Crippen LogP contribution is 2.29. The fourth-order valence-corrected chi connectivity index (χ4v) is 3.69. The molecule has 0 aliphatic rings. The van der Waals surface area contributed by atoms with Crippen molar-refractivity contribution in [1.29, 1.82) is 0 Å². The van der Waals surface area contributed by atoms with Crippen LogP contribution in [0.3, 0.4) is 0 Å². The Balaban J connectivity index is 1.74. The summed E-state index contributed by atoms with van der Waals surface area (Å²) in [5.74, 6) is 0.0660. The second kappa shape index (κ2) is 9.81. The first kappa shape index (κ1) is 22.4. The van der Waals surface area contributed by atoms with Crippen molar-refractivity contribution in [3.8, 4) is 11.4 Å². The van der Waals surface area contributed by atoms with E-state index in [1.54, 1.807) is 36.7 Å². The zero-order chi connectivity index (χ0) is 23.4. The summed E-state index contributed by atoms with van der Waals surface area (Å²) in [4.78, 5) is 34.1. The van der Waals surface area contributed by atoms with Crippen molar-refractivity contribution in [2.75, 3.05) is 19.0 Å².